The minimum atomic E-state index is -1.45. The fourth-order valence-corrected chi connectivity index (χ4v) is 10.8. The number of esters is 2. The number of likely N-dealkylation sites (N-methyl/N-ethyl adjacent to an activating group) is 1. The van der Waals surface area contributed by atoms with Crippen LogP contribution in [0.5, 0.6) is 0 Å². The number of methoxy groups -OCH3 is 1. The molecular formula is C51H75N7O11. The highest BCUT2D eigenvalue weighted by atomic mass is 16.7. The van der Waals surface area contributed by atoms with Crippen LogP contribution in [0.2, 0.25) is 0 Å². The van der Waals surface area contributed by atoms with Crippen molar-refractivity contribution in [1.29, 1.82) is 0 Å². The van der Waals surface area contributed by atoms with Crippen LogP contribution in [0, 0.1) is 23.7 Å². The number of fused-ring (bicyclic) bond motifs is 1. The van der Waals surface area contributed by atoms with Crippen LogP contribution in [0.1, 0.15) is 100 Å². The molecule has 3 saturated heterocycles. The summed E-state index contributed by atoms with van der Waals surface area (Å²) in [7, 11) is 3.46. The third-order valence-corrected chi connectivity index (χ3v) is 14.8. The number of cyclic esters (lactones) is 1. The van der Waals surface area contributed by atoms with E-state index in [0.717, 1.165) is 11.3 Å². The highest BCUT2D eigenvalue weighted by molar-refractivity contribution is 5.85. The standard InChI is InChI=1S/C51H75N7O11/c1-12-39-51(9)45(58(49(63)69-51)23-17-16-22-57-28-37(55-29-57)35-19-20-40(52)54-27-35)32(5)42(60)30(3)26-50(8,64-11)46(68-48-43(61)38(56(10)13-2)24-31(4)65-48)33(6)44(34(7)47(62)66-39)67-41(59)25-36-18-14-15-21-53-36/h14-15,18-21,27-34,38-39,43-46,48,61H,12-13,16-17,22-26H2,1-11H3,(H2,52,54)/t30-,31-,32+,33+,34-,38+,39-,43-,44+,45-,46-,48+,50-,51-/m1/s1. The van der Waals surface area contributed by atoms with Crippen LogP contribution in [-0.4, -0.2) is 146 Å². The van der Waals surface area contributed by atoms with Gasteiger partial charge in [0.1, 0.15) is 29.9 Å². The second-order valence-corrected chi connectivity index (χ2v) is 19.9. The van der Waals surface area contributed by atoms with Crippen molar-refractivity contribution >= 4 is 29.6 Å². The maximum Gasteiger partial charge on any atom is 0.410 e. The van der Waals surface area contributed by atoms with Gasteiger partial charge in [-0.3, -0.25) is 19.4 Å². The van der Waals surface area contributed by atoms with Crippen molar-refractivity contribution in [2.75, 3.05) is 33.0 Å². The molecule has 3 N–H and O–H groups in total. The van der Waals surface area contributed by atoms with Crippen LogP contribution in [0.3, 0.4) is 0 Å². The Morgan fingerprint density at radius 3 is 2.39 bits per heavy atom. The van der Waals surface area contributed by atoms with E-state index in [4.69, 9.17) is 34.2 Å². The molecule has 0 aliphatic carbocycles. The number of carbonyl (C=O) groups is 4. The fourth-order valence-electron chi connectivity index (χ4n) is 10.8. The maximum absolute atomic E-state index is 15.1. The first-order valence-corrected chi connectivity index (χ1v) is 24.6. The van der Waals surface area contributed by atoms with E-state index in [1.165, 1.54) is 7.11 Å². The Balaban J connectivity index is 1.34. The van der Waals surface area contributed by atoms with Gasteiger partial charge >= 0.3 is 18.0 Å². The lowest BCUT2D eigenvalue weighted by Gasteiger charge is -2.48. The van der Waals surface area contributed by atoms with E-state index in [1.54, 1.807) is 75.6 Å². The predicted molar refractivity (Wildman–Crippen MR) is 256 cm³/mol. The molecule has 6 rings (SSSR count). The Hall–Kier alpha value is -5.01. The molecule has 14 atom stereocenters. The molecule has 3 aliphatic rings. The third kappa shape index (κ3) is 12.0. The quantitative estimate of drug-likeness (QED) is 0.103. The minimum absolute atomic E-state index is 0.112. The summed E-state index contributed by atoms with van der Waals surface area (Å²) < 4.78 is 40.7. The summed E-state index contributed by atoms with van der Waals surface area (Å²) in [6.45, 7) is 17.9. The lowest BCUT2D eigenvalue weighted by atomic mass is 9.73. The molecule has 69 heavy (non-hydrogen) atoms. The number of carbonyl (C=O) groups excluding carboxylic acids is 4. The Kier molecular flexibility index (Phi) is 17.6. The van der Waals surface area contributed by atoms with Crippen molar-refractivity contribution in [2.45, 2.75) is 167 Å². The number of aliphatic hydroxyl groups is 1. The van der Waals surface area contributed by atoms with E-state index in [9.17, 15) is 19.5 Å². The SMILES string of the molecule is CC[C@H]1OC(=O)[C@H](C)[C@@H](OC(=O)Cc2ccccn2)[C@H](C)[C@@H](O[C@@H]2O[C@H](C)C[C@H](N(C)CC)[C@H]2O)[C@](C)(OC)C[C@@H](C)C(=O)[C@H](C)[C@H]2N(CCCCn3cnc(-c4ccc(N)nc4)c3)C(=O)O[C@]12C. The Morgan fingerprint density at radius 1 is 1.00 bits per heavy atom. The maximum atomic E-state index is 15.1. The molecule has 1 amide bonds. The molecule has 0 spiro atoms. The highest BCUT2D eigenvalue weighted by Gasteiger charge is 2.60. The molecule has 380 valence electrons. The number of Topliss-reactive ketones (excluding diaryl/α,β-unsaturated/α-hetero) is 1. The van der Waals surface area contributed by atoms with Gasteiger partial charge < -0.3 is 53.6 Å². The summed E-state index contributed by atoms with van der Waals surface area (Å²) in [4.78, 5) is 74.6. The van der Waals surface area contributed by atoms with Crippen molar-refractivity contribution in [1.82, 2.24) is 29.3 Å². The zero-order valence-corrected chi connectivity index (χ0v) is 42.3. The molecule has 3 fully saturated rings. The van der Waals surface area contributed by atoms with Crippen molar-refractivity contribution < 1.29 is 52.7 Å². The first kappa shape index (κ1) is 53.3. The lowest BCUT2D eigenvalue weighted by Crippen LogP contribution is -2.61. The van der Waals surface area contributed by atoms with Gasteiger partial charge in [-0.2, -0.15) is 0 Å². The number of rotatable bonds is 15. The molecule has 0 saturated carbocycles. The average molecular weight is 962 g/mol. The number of unbranched alkanes of at least 4 members (excludes halogenated alkanes) is 1. The summed E-state index contributed by atoms with van der Waals surface area (Å²) in [5.74, 6) is -4.48. The van der Waals surface area contributed by atoms with Crippen LogP contribution in [-0.2, 0) is 55.8 Å². The summed E-state index contributed by atoms with van der Waals surface area (Å²) in [6.07, 6.45) is 2.54. The normalized spacial score (nSPS) is 33.6. The second-order valence-electron chi connectivity index (χ2n) is 19.9. The van der Waals surface area contributed by atoms with E-state index in [2.05, 4.69) is 15.0 Å². The summed E-state index contributed by atoms with van der Waals surface area (Å²) in [5, 5.41) is 11.9. The molecule has 0 radical (unpaired) electrons. The molecule has 0 bridgehead atoms. The largest absolute Gasteiger partial charge is 0.461 e. The molecule has 3 aromatic heterocycles. The average Bonchev–Trinajstić information content (AvgIpc) is 3.91. The topological polar surface area (TPSA) is 220 Å². The smallest absolute Gasteiger partial charge is 0.410 e. The molecule has 3 aromatic rings. The number of hydrogen-bond acceptors (Lipinski definition) is 16. The number of aliphatic hydroxyl groups excluding tert-OH is 1. The van der Waals surface area contributed by atoms with Gasteiger partial charge in [0.15, 0.2) is 11.9 Å². The summed E-state index contributed by atoms with van der Waals surface area (Å²) in [5.41, 5.74) is 5.08. The number of aryl methyl sites for hydroxylation is 1. The second kappa shape index (κ2) is 22.8. The van der Waals surface area contributed by atoms with E-state index in [-0.39, 0.29) is 43.7 Å². The number of nitrogen functional groups attached to an aromatic ring is 1. The highest BCUT2D eigenvalue weighted by Crippen LogP contribution is 2.44. The van der Waals surface area contributed by atoms with Gasteiger partial charge in [-0.1, -0.05) is 40.7 Å². The Morgan fingerprint density at radius 2 is 1.74 bits per heavy atom. The third-order valence-electron chi connectivity index (χ3n) is 14.8. The zero-order chi connectivity index (χ0) is 50.4. The Labute approximate surface area is 406 Å². The van der Waals surface area contributed by atoms with Crippen LogP contribution in [0.25, 0.3) is 11.3 Å². The monoisotopic (exact) mass is 962 g/mol. The number of pyridine rings is 2. The number of anilines is 1. The predicted octanol–water partition coefficient (Wildman–Crippen LogP) is 5.88. The Bertz CT molecular complexity index is 2200. The molecule has 0 unspecified atom stereocenters. The van der Waals surface area contributed by atoms with Crippen LogP contribution < -0.4 is 5.73 Å². The minimum Gasteiger partial charge on any atom is -0.461 e. The first-order chi connectivity index (χ1) is 32.7. The van der Waals surface area contributed by atoms with Crippen LogP contribution in [0.15, 0.2) is 55.2 Å². The molecule has 6 heterocycles. The molecule has 0 aromatic carbocycles. The van der Waals surface area contributed by atoms with Gasteiger partial charge in [0, 0.05) is 68.1 Å². The number of ketones is 1. The van der Waals surface area contributed by atoms with E-state index < -0.39 is 89.7 Å². The number of nitrogens with zero attached hydrogens (tertiary/aromatic N) is 6. The van der Waals surface area contributed by atoms with Gasteiger partial charge in [0.2, 0.25) is 0 Å². The number of nitrogens with two attached hydrogens (primary N) is 1. The van der Waals surface area contributed by atoms with Gasteiger partial charge in [-0.15, -0.1) is 0 Å². The molecular weight excluding hydrogens is 887 g/mol. The van der Waals surface area contributed by atoms with Crippen molar-refractivity contribution in [3.63, 3.8) is 0 Å². The molecule has 18 heteroatoms. The number of amides is 1. The van der Waals surface area contributed by atoms with E-state index in [1.807, 2.05) is 63.4 Å². The molecule has 18 nitrogen and oxygen atoms in total. The number of imidazole rings is 1. The van der Waals surface area contributed by atoms with E-state index in [0.29, 0.717) is 43.9 Å². The van der Waals surface area contributed by atoms with Crippen LogP contribution in [0.4, 0.5) is 10.6 Å². The van der Waals surface area contributed by atoms with Gasteiger partial charge in [-0.25, -0.2) is 14.8 Å². The number of ether oxygens (including phenoxy) is 6. The van der Waals surface area contributed by atoms with Crippen molar-refractivity contribution in [2.24, 2.45) is 23.7 Å². The molecule has 3 aliphatic heterocycles. The van der Waals surface area contributed by atoms with Crippen molar-refractivity contribution in [3.8, 4) is 11.3 Å². The number of hydrogen-bond donors (Lipinski definition) is 2. The summed E-state index contributed by atoms with van der Waals surface area (Å²) >= 11 is 0. The van der Waals surface area contributed by atoms with Crippen LogP contribution >= 0.6 is 0 Å². The van der Waals surface area contributed by atoms with Gasteiger partial charge in [0.25, 0.3) is 0 Å². The lowest BCUT2D eigenvalue weighted by molar-refractivity contribution is -0.302. The first-order valence-electron chi connectivity index (χ1n) is 24.6. The zero-order valence-electron chi connectivity index (χ0n) is 42.3. The summed E-state index contributed by atoms with van der Waals surface area (Å²) in [6, 6.07) is 7.68. The van der Waals surface area contributed by atoms with E-state index >= 15 is 4.79 Å². The number of aromatic nitrogens is 4. The fraction of sp³-hybridized carbons (Fsp3) is 0.667. The van der Waals surface area contributed by atoms with Crippen molar-refractivity contribution in [3.05, 3.63) is 60.9 Å². The van der Waals surface area contributed by atoms with Gasteiger partial charge in [-0.05, 0) is 97.7 Å². The van der Waals surface area contributed by atoms with Gasteiger partial charge in [0.05, 0.1) is 53.9 Å².